The standard InChI is InChI=1S/C21H29N3O5S/c22-12-5-3-1-2-4-6-13-30(28,29)18-9-7-8-15-16(18)14-24(21(15)27)17-10-11-19(25)23-20(17)26/h7-9,17H,1-6,10-14,22H2,(H,23,25,26). The zero-order chi connectivity index (χ0) is 21.7. The number of benzene rings is 1. The lowest BCUT2D eigenvalue weighted by molar-refractivity contribution is -0.136. The van der Waals surface area contributed by atoms with Gasteiger partial charge in [0.1, 0.15) is 6.04 Å². The number of rotatable bonds is 10. The third-order valence-electron chi connectivity index (χ3n) is 5.74. The smallest absolute Gasteiger partial charge is 0.255 e. The number of amides is 3. The van der Waals surface area contributed by atoms with Crippen LogP contribution in [0.5, 0.6) is 0 Å². The zero-order valence-electron chi connectivity index (χ0n) is 17.1. The number of nitrogens with zero attached hydrogens (tertiary/aromatic N) is 1. The molecule has 2 aliphatic heterocycles. The van der Waals surface area contributed by atoms with Crippen LogP contribution < -0.4 is 11.1 Å². The van der Waals surface area contributed by atoms with Crippen LogP contribution in [0.3, 0.4) is 0 Å². The molecule has 1 unspecified atom stereocenters. The largest absolute Gasteiger partial charge is 0.330 e. The molecule has 0 saturated carbocycles. The normalized spacial score (nSPS) is 19.2. The predicted octanol–water partition coefficient (Wildman–Crippen LogP) is 1.52. The lowest BCUT2D eigenvalue weighted by atomic mass is 10.0. The number of carbonyl (C=O) groups is 3. The summed E-state index contributed by atoms with van der Waals surface area (Å²) in [7, 11) is -3.54. The second-order valence-corrected chi connectivity index (χ2v) is 9.99. The van der Waals surface area contributed by atoms with Crippen LogP contribution in [0.4, 0.5) is 0 Å². The summed E-state index contributed by atoms with van der Waals surface area (Å²) in [6, 6.07) is 3.95. The van der Waals surface area contributed by atoms with Gasteiger partial charge in [-0.25, -0.2) is 8.42 Å². The van der Waals surface area contributed by atoms with Crippen molar-refractivity contribution in [3.8, 4) is 0 Å². The van der Waals surface area contributed by atoms with Gasteiger partial charge < -0.3 is 10.6 Å². The predicted molar refractivity (Wildman–Crippen MR) is 111 cm³/mol. The molecule has 9 heteroatoms. The van der Waals surface area contributed by atoms with E-state index in [9.17, 15) is 22.8 Å². The van der Waals surface area contributed by atoms with E-state index >= 15 is 0 Å². The van der Waals surface area contributed by atoms with Crippen LogP contribution >= 0.6 is 0 Å². The topological polar surface area (TPSA) is 127 Å². The van der Waals surface area contributed by atoms with E-state index in [4.69, 9.17) is 5.73 Å². The molecule has 3 amide bonds. The number of hydrogen-bond acceptors (Lipinski definition) is 6. The summed E-state index contributed by atoms with van der Waals surface area (Å²) in [5, 5.41) is 2.25. The van der Waals surface area contributed by atoms with Gasteiger partial charge in [-0.3, -0.25) is 19.7 Å². The van der Waals surface area contributed by atoms with Gasteiger partial charge in [0.2, 0.25) is 11.8 Å². The van der Waals surface area contributed by atoms with E-state index in [-0.39, 0.29) is 41.8 Å². The summed E-state index contributed by atoms with van der Waals surface area (Å²) in [4.78, 5) is 38.0. The fourth-order valence-corrected chi connectivity index (χ4v) is 5.74. The number of sulfone groups is 1. The summed E-state index contributed by atoms with van der Waals surface area (Å²) >= 11 is 0. The van der Waals surface area contributed by atoms with Crippen molar-refractivity contribution in [2.75, 3.05) is 12.3 Å². The molecule has 1 atom stereocenters. The molecule has 3 rings (SSSR count). The Hall–Kier alpha value is -2.26. The fourth-order valence-electron chi connectivity index (χ4n) is 4.10. The van der Waals surface area contributed by atoms with Gasteiger partial charge >= 0.3 is 0 Å². The highest BCUT2D eigenvalue weighted by Crippen LogP contribution is 2.32. The summed E-state index contributed by atoms with van der Waals surface area (Å²) in [5.74, 6) is -1.19. The highest BCUT2D eigenvalue weighted by atomic mass is 32.2. The fraction of sp³-hybridized carbons (Fsp3) is 0.571. The highest BCUT2D eigenvalue weighted by Gasteiger charge is 2.40. The first-order chi connectivity index (χ1) is 14.3. The molecule has 0 spiro atoms. The lowest BCUT2D eigenvalue weighted by Gasteiger charge is -2.29. The molecule has 3 N–H and O–H groups in total. The van der Waals surface area contributed by atoms with E-state index in [0.717, 1.165) is 32.1 Å². The molecule has 30 heavy (non-hydrogen) atoms. The van der Waals surface area contributed by atoms with Crippen LogP contribution in [0, 0.1) is 0 Å². The van der Waals surface area contributed by atoms with E-state index in [1.54, 1.807) is 12.1 Å². The molecule has 2 heterocycles. The first kappa shape index (κ1) is 22.4. The molecule has 164 valence electrons. The van der Waals surface area contributed by atoms with Crippen LogP contribution in [-0.4, -0.2) is 49.4 Å². The molecule has 1 saturated heterocycles. The van der Waals surface area contributed by atoms with Gasteiger partial charge in [0.15, 0.2) is 9.84 Å². The molecule has 1 fully saturated rings. The molecule has 1 aromatic rings. The Bertz CT molecular complexity index is 929. The Balaban J connectivity index is 1.68. The van der Waals surface area contributed by atoms with E-state index in [2.05, 4.69) is 5.32 Å². The van der Waals surface area contributed by atoms with Crippen LogP contribution in [0.25, 0.3) is 0 Å². The van der Waals surface area contributed by atoms with E-state index < -0.39 is 21.8 Å². The van der Waals surface area contributed by atoms with Crippen molar-refractivity contribution in [3.63, 3.8) is 0 Å². The summed E-state index contributed by atoms with van der Waals surface area (Å²) < 4.78 is 25.9. The molecule has 8 nitrogen and oxygen atoms in total. The average molecular weight is 436 g/mol. The van der Waals surface area contributed by atoms with Crippen molar-refractivity contribution in [2.45, 2.75) is 68.8 Å². The maximum Gasteiger partial charge on any atom is 0.255 e. The highest BCUT2D eigenvalue weighted by molar-refractivity contribution is 7.91. The van der Waals surface area contributed by atoms with Gasteiger partial charge in [0.05, 0.1) is 10.6 Å². The van der Waals surface area contributed by atoms with Gasteiger partial charge in [0, 0.05) is 24.1 Å². The summed E-state index contributed by atoms with van der Waals surface area (Å²) in [5.41, 5.74) is 6.25. The minimum atomic E-state index is -3.54. The third-order valence-corrected chi connectivity index (χ3v) is 7.62. The molecule has 2 aliphatic rings. The lowest BCUT2D eigenvalue weighted by Crippen LogP contribution is -2.52. The van der Waals surface area contributed by atoms with Crippen LogP contribution in [0.15, 0.2) is 23.1 Å². The Morgan fingerprint density at radius 1 is 1.03 bits per heavy atom. The Labute approximate surface area is 177 Å². The number of fused-ring (bicyclic) bond motifs is 1. The summed E-state index contributed by atoms with van der Waals surface area (Å²) in [6.45, 7) is 0.747. The molecule has 0 radical (unpaired) electrons. The molecule has 1 aromatic carbocycles. The minimum Gasteiger partial charge on any atom is -0.330 e. The van der Waals surface area contributed by atoms with Gasteiger partial charge in [-0.15, -0.1) is 0 Å². The number of hydrogen-bond donors (Lipinski definition) is 2. The van der Waals surface area contributed by atoms with E-state index in [1.165, 1.54) is 11.0 Å². The molecule has 0 aromatic heterocycles. The Morgan fingerprint density at radius 3 is 2.43 bits per heavy atom. The van der Waals surface area contributed by atoms with Crippen LogP contribution in [0.1, 0.15) is 67.3 Å². The Kier molecular flexibility index (Phi) is 7.25. The van der Waals surface area contributed by atoms with Crippen LogP contribution in [0.2, 0.25) is 0 Å². The maximum absolute atomic E-state index is 13.0. The average Bonchev–Trinajstić information content (AvgIpc) is 3.04. The maximum atomic E-state index is 13.0. The van der Waals surface area contributed by atoms with Crippen molar-refractivity contribution in [1.82, 2.24) is 10.2 Å². The molecular formula is C21H29N3O5S. The molecule has 0 aliphatic carbocycles. The number of imide groups is 1. The monoisotopic (exact) mass is 435 g/mol. The van der Waals surface area contributed by atoms with Gasteiger partial charge in [-0.1, -0.05) is 31.7 Å². The third kappa shape index (κ3) is 4.89. The summed E-state index contributed by atoms with van der Waals surface area (Å²) in [6.07, 6.45) is 5.89. The number of unbranched alkanes of at least 4 members (excludes halogenated alkanes) is 5. The second-order valence-electron chi connectivity index (χ2n) is 7.91. The van der Waals surface area contributed by atoms with E-state index in [1.807, 2.05) is 0 Å². The van der Waals surface area contributed by atoms with Gasteiger partial charge in [0.25, 0.3) is 5.91 Å². The van der Waals surface area contributed by atoms with E-state index in [0.29, 0.717) is 24.1 Å². The number of carbonyl (C=O) groups excluding carboxylic acids is 3. The van der Waals surface area contributed by atoms with Crippen molar-refractivity contribution in [1.29, 1.82) is 0 Å². The van der Waals surface area contributed by atoms with Crippen molar-refractivity contribution in [3.05, 3.63) is 29.3 Å². The van der Waals surface area contributed by atoms with Gasteiger partial charge in [-0.05, 0) is 37.9 Å². The quantitative estimate of drug-likeness (QED) is 0.424. The Morgan fingerprint density at radius 2 is 1.73 bits per heavy atom. The molecular weight excluding hydrogens is 406 g/mol. The van der Waals surface area contributed by atoms with Crippen molar-refractivity contribution in [2.24, 2.45) is 5.73 Å². The first-order valence-electron chi connectivity index (χ1n) is 10.5. The van der Waals surface area contributed by atoms with Gasteiger partial charge in [-0.2, -0.15) is 0 Å². The SMILES string of the molecule is NCCCCCCCCS(=O)(=O)c1cccc2c1CN(C1CCC(=O)NC1=O)C2=O. The second kappa shape index (κ2) is 9.70. The first-order valence-corrected chi connectivity index (χ1v) is 12.2. The van der Waals surface area contributed by atoms with Crippen molar-refractivity contribution < 1.29 is 22.8 Å². The zero-order valence-corrected chi connectivity index (χ0v) is 17.9. The van der Waals surface area contributed by atoms with Crippen LogP contribution in [-0.2, 0) is 26.0 Å². The van der Waals surface area contributed by atoms with Crippen molar-refractivity contribution >= 4 is 27.6 Å². The molecule has 0 bridgehead atoms. The number of piperidine rings is 1. The number of nitrogens with two attached hydrogens (primary N) is 1. The minimum absolute atomic E-state index is 0.0347. The number of nitrogens with one attached hydrogen (secondary N) is 1.